The Morgan fingerprint density at radius 3 is 2.23 bits per heavy atom. The Kier molecular flexibility index (Phi) is 7.67. The van der Waals surface area contributed by atoms with Crippen molar-refractivity contribution in [3.05, 3.63) is 34.9 Å². The normalized spacial score (nSPS) is 20.3. The Bertz CT molecular complexity index is 443. The predicted molar refractivity (Wildman–Crippen MR) is 96.9 cm³/mol. The summed E-state index contributed by atoms with van der Waals surface area (Å²) in [7, 11) is 4.14. The fourth-order valence-corrected chi connectivity index (χ4v) is 4.00. The molecule has 126 valence electrons. The van der Waals surface area contributed by atoms with Gasteiger partial charge in [0.2, 0.25) is 0 Å². The number of aliphatic hydroxyl groups is 1. The second-order valence-corrected chi connectivity index (χ2v) is 7.27. The van der Waals surface area contributed by atoms with Gasteiger partial charge in [-0.25, -0.2) is 0 Å². The van der Waals surface area contributed by atoms with E-state index in [1.807, 2.05) is 24.3 Å². The van der Waals surface area contributed by atoms with E-state index in [1.54, 1.807) is 0 Å². The lowest BCUT2D eigenvalue weighted by Gasteiger charge is -2.44. The zero-order valence-corrected chi connectivity index (χ0v) is 15.5. The molecule has 4 heteroatoms. The Hall–Kier alpha value is -0.280. The smallest absolute Gasteiger partial charge is 0.0962 e. The highest BCUT2D eigenvalue weighted by molar-refractivity contribution is 6.30. The number of halogens is 2. The molecule has 0 amide bonds. The van der Waals surface area contributed by atoms with Crippen molar-refractivity contribution in [2.24, 2.45) is 11.8 Å². The molecule has 1 aromatic rings. The van der Waals surface area contributed by atoms with Gasteiger partial charge in [-0.15, -0.1) is 12.4 Å². The van der Waals surface area contributed by atoms with E-state index in [0.29, 0.717) is 5.92 Å². The summed E-state index contributed by atoms with van der Waals surface area (Å²) in [5, 5.41) is 12.4. The quantitative estimate of drug-likeness (QED) is 0.833. The Labute approximate surface area is 146 Å². The van der Waals surface area contributed by atoms with E-state index in [0.717, 1.165) is 30.0 Å². The maximum Gasteiger partial charge on any atom is 0.0962 e. The summed E-state index contributed by atoms with van der Waals surface area (Å²) in [5.41, 5.74) is 0.267. The summed E-state index contributed by atoms with van der Waals surface area (Å²) >= 11 is 6.02. The maximum atomic E-state index is 11.6. The third-order valence-electron chi connectivity index (χ3n) is 4.92. The van der Waals surface area contributed by atoms with Gasteiger partial charge in [-0.05, 0) is 50.6 Å². The molecule has 2 unspecified atom stereocenters. The molecule has 0 spiro atoms. The van der Waals surface area contributed by atoms with Crippen molar-refractivity contribution in [1.29, 1.82) is 0 Å². The zero-order chi connectivity index (χ0) is 15.5. The van der Waals surface area contributed by atoms with E-state index in [-0.39, 0.29) is 18.3 Å². The molecule has 22 heavy (non-hydrogen) atoms. The molecule has 0 aliphatic heterocycles. The highest BCUT2D eigenvalue weighted by atomic mass is 35.5. The summed E-state index contributed by atoms with van der Waals surface area (Å²) in [4.78, 5) is 2.16. The van der Waals surface area contributed by atoms with Crippen LogP contribution in [0, 0.1) is 11.8 Å². The molecular weight excluding hydrogens is 317 g/mol. The van der Waals surface area contributed by atoms with Crippen molar-refractivity contribution in [2.75, 3.05) is 20.6 Å². The standard InChI is InChI=1S/C18H28ClNO.ClH/c1-14(13-20(2)3)18(21,15-7-5-4-6-8-15)16-9-11-17(19)12-10-16;/h9-12,14-15,21H,4-8,13H2,1-3H3;1H. The van der Waals surface area contributed by atoms with E-state index in [9.17, 15) is 5.11 Å². The van der Waals surface area contributed by atoms with Crippen molar-refractivity contribution in [1.82, 2.24) is 4.90 Å². The molecule has 1 aromatic carbocycles. The molecule has 1 saturated carbocycles. The SMILES string of the molecule is CC(CN(C)C)C(O)(c1ccc(Cl)cc1)C1CCCCC1.Cl. The van der Waals surface area contributed by atoms with Crippen molar-refractivity contribution in [3.63, 3.8) is 0 Å². The Balaban J connectivity index is 0.00000242. The van der Waals surface area contributed by atoms with E-state index < -0.39 is 5.60 Å². The van der Waals surface area contributed by atoms with Crippen LogP contribution in [0.15, 0.2) is 24.3 Å². The lowest BCUT2D eigenvalue weighted by atomic mass is 9.67. The molecule has 2 atom stereocenters. The third-order valence-corrected chi connectivity index (χ3v) is 5.18. The first-order valence-corrected chi connectivity index (χ1v) is 8.45. The third kappa shape index (κ3) is 4.38. The molecule has 1 aliphatic rings. The lowest BCUT2D eigenvalue weighted by Crippen LogP contribution is -2.45. The minimum atomic E-state index is -0.755. The fourth-order valence-electron chi connectivity index (χ4n) is 3.87. The van der Waals surface area contributed by atoms with Crippen LogP contribution in [0.25, 0.3) is 0 Å². The summed E-state index contributed by atoms with van der Waals surface area (Å²) < 4.78 is 0. The van der Waals surface area contributed by atoms with E-state index >= 15 is 0 Å². The van der Waals surface area contributed by atoms with Crippen molar-refractivity contribution in [2.45, 2.75) is 44.6 Å². The number of benzene rings is 1. The predicted octanol–water partition coefficient (Wildman–Crippen LogP) is 4.73. The molecule has 0 heterocycles. The molecular formula is C18H29Cl2NO. The monoisotopic (exact) mass is 345 g/mol. The summed E-state index contributed by atoms with van der Waals surface area (Å²) in [6.07, 6.45) is 6.01. The fraction of sp³-hybridized carbons (Fsp3) is 0.667. The first kappa shape index (κ1) is 19.8. The Morgan fingerprint density at radius 2 is 1.73 bits per heavy atom. The van der Waals surface area contributed by atoms with Crippen LogP contribution in [-0.4, -0.2) is 30.6 Å². The summed E-state index contributed by atoms with van der Waals surface area (Å²) in [6.45, 7) is 3.05. The van der Waals surface area contributed by atoms with Gasteiger partial charge in [-0.1, -0.05) is 49.9 Å². The average molecular weight is 346 g/mol. The van der Waals surface area contributed by atoms with Crippen LogP contribution in [-0.2, 0) is 5.60 Å². The van der Waals surface area contributed by atoms with Gasteiger partial charge in [0, 0.05) is 17.5 Å². The second-order valence-electron chi connectivity index (χ2n) is 6.83. The van der Waals surface area contributed by atoms with Crippen LogP contribution in [0.1, 0.15) is 44.6 Å². The molecule has 1 N–H and O–H groups in total. The number of rotatable bonds is 5. The van der Waals surface area contributed by atoms with Crippen molar-refractivity contribution < 1.29 is 5.11 Å². The second kappa shape index (κ2) is 8.54. The van der Waals surface area contributed by atoms with Gasteiger partial charge in [0.1, 0.15) is 0 Å². The molecule has 1 aliphatic carbocycles. The zero-order valence-electron chi connectivity index (χ0n) is 13.9. The first-order valence-electron chi connectivity index (χ1n) is 8.07. The molecule has 0 saturated heterocycles. The lowest BCUT2D eigenvalue weighted by molar-refractivity contribution is -0.0883. The minimum Gasteiger partial charge on any atom is -0.385 e. The van der Waals surface area contributed by atoms with Gasteiger partial charge in [-0.2, -0.15) is 0 Å². The average Bonchev–Trinajstić information content (AvgIpc) is 2.47. The van der Waals surface area contributed by atoms with Crippen LogP contribution < -0.4 is 0 Å². The largest absolute Gasteiger partial charge is 0.385 e. The molecule has 0 bridgehead atoms. The van der Waals surface area contributed by atoms with E-state index in [2.05, 4.69) is 25.9 Å². The maximum absolute atomic E-state index is 11.6. The van der Waals surface area contributed by atoms with Gasteiger partial charge < -0.3 is 10.0 Å². The number of hydrogen-bond donors (Lipinski definition) is 1. The molecule has 2 nitrogen and oxygen atoms in total. The van der Waals surface area contributed by atoms with E-state index in [4.69, 9.17) is 11.6 Å². The van der Waals surface area contributed by atoms with Crippen LogP contribution in [0.4, 0.5) is 0 Å². The first-order chi connectivity index (χ1) is 9.94. The van der Waals surface area contributed by atoms with Gasteiger partial charge in [0.15, 0.2) is 0 Å². The number of nitrogens with zero attached hydrogens (tertiary/aromatic N) is 1. The van der Waals surface area contributed by atoms with Crippen LogP contribution in [0.5, 0.6) is 0 Å². The topological polar surface area (TPSA) is 23.5 Å². The van der Waals surface area contributed by atoms with Crippen LogP contribution in [0.3, 0.4) is 0 Å². The molecule has 0 aromatic heterocycles. The van der Waals surface area contributed by atoms with Crippen molar-refractivity contribution in [3.8, 4) is 0 Å². The highest BCUT2D eigenvalue weighted by Crippen LogP contribution is 2.44. The van der Waals surface area contributed by atoms with Gasteiger partial charge in [0.25, 0.3) is 0 Å². The molecule has 2 rings (SSSR count). The Morgan fingerprint density at radius 1 is 1.18 bits per heavy atom. The van der Waals surface area contributed by atoms with Crippen LogP contribution in [0.2, 0.25) is 5.02 Å². The molecule has 1 fully saturated rings. The summed E-state index contributed by atoms with van der Waals surface area (Å²) in [5.74, 6) is 0.541. The van der Waals surface area contributed by atoms with Crippen molar-refractivity contribution >= 4 is 24.0 Å². The van der Waals surface area contributed by atoms with Gasteiger partial charge in [0.05, 0.1) is 5.60 Å². The van der Waals surface area contributed by atoms with E-state index in [1.165, 1.54) is 19.3 Å². The number of hydrogen-bond acceptors (Lipinski definition) is 2. The van der Waals surface area contributed by atoms with Crippen LogP contribution >= 0.6 is 24.0 Å². The van der Waals surface area contributed by atoms with Gasteiger partial charge in [-0.3, -0.25) is 0 Å². The summed E-state index contributed by atoms with van der Waals surface area (Å²) in [6, 6.07) is 7.80. The van der Waals surface area contributed by atoms with Gasteiger partial charge >= 0.3 is 0 Å². The molecule has 0 radical (unpaired) electrons. The highest BCUT2D eigenvalue weighted by Gasteiger charge is 2.43. The minimum absolute atomic E-state index is 0.